The van der Waals surface area contributed by atoms with Gasteiger partial charge < -0.3 is 21.3 Å². The van der Waals surface area contributed by atoms with Crippen molar-refractivity contribution < 1.29 is 9.18 Å². The lowest BCUT2D eigenvalue weighted by Gasteiger charge is -2.19. The van der Waals surface area contributed by atoms with Crippen LogP contribution in [0, 0.1) is 12.7 Å². The van der Waals surface area contributed by atoms with Gasteiger partial charge in [0.15, 0.2) is 0 Å². The quantitative estimate of drug-likeness (QED) is 0.400. The van der Waals surface area contributed by atoms with Crippen LogP contribution in [-0.2, 0) is 11.3 Å². The Morgan fingerprint density at radius 2 is 1.81 bits per heavy atom. The van der Waals surface area contributed by atoms with Gasteiger partial charge in [-0.3, -0.25) is 4.79 Å². The average Bonchev–Trinajstić information content (AvgIpc) is 2.71. The fourth-order valence-electron chi connectivity index (χ4n) is 2.79. The number of allylic oxidation sites excluding steroid dienone is 2. The number of nitrogens with zero attached hydrogens (tertiary/aromatic N) is 1. The maximum absolute atomic E-state index is 13.2. The maximum Gasteiger partial charge on any atom is 0.248 e. The van der Waals surface area contributed by atoms with Crippen LogP contribution in [0.2, 0.25) is 5.02 Å². The Bertz CT molecular complexity index is 1010. The Balaban J connectivity index is 2.12. The van der Waals surface area contributed by atoms with Gasteiger partial charge in [-0.15, -0.1) is 0 Å². The molecule has 0 aliphatic rings. The van der Waals surface area contributed by atoms with Crippen molar-refractivity contribution in [3.05, 3.63) is 93.8 Å². The van der Waals surface area contributed by atoms with Crippen LogP contribution < -0.4 is 16.4 Å². The lowest BCUT2D eigenvalue weighted by Crippen LogP contribution is -2.22. The Morgan fingerprint density at radius 3 is 2.45 bits per heavy atom. The molecule has 2 aromatic rings. The zero-order valence-electron chi connectivity index (χ0n) is 18.2. The van der Waals surface area contributed by atoms with Gasteiger partial charge in [0, 0.05) is 54.2 Å². The van der Waals surface area contributed by atoms with Gasteiger partial charge in [0.2, 0.25) is 5.91 Å². The first-order valence-electron chi connectivity index (χ1n) is 9.77. The summed E-state index contributed by atoms with van der Waals surface area (Å²) in [5, 5.41) is 6.48. The molecule has 0 unspecified atom stereocenters. The molecule has 0 bridgehead atoms. The van der Waals surface area contributed by atoms with E-state index in [4.69, 9.17) is 17.3 Å². The van der Waals surface area contributed by atoms with Gasteiger partial charge in [-0.1, -0.05) is 23.7 Å². The number of amides is 1. The molecule has 2 rings (SSSR count). The Hall–Kier alpha value is -3.25. The SMILES string of the molecule is CN/C(C)=C/N(/C=C(\C)NC(=O)/C=C/c1cc(C)c(Cl)cc1N)Cc1ccc(F)cc1. The summed E-state index contributed by atoms with van der Waals surface area (Å²) in [6, 6.07) is 9.82. The predicted octanol–water partition coefficient (Wildman–Crippen LogP) is 4.94. The van der Waals surface area contributed by atoms with Gasteiger partial charge in [-0.2, -0.15) is 0 Å². The summed E-state index contributed by atoms with van der Waals surface area (Å²) >= 11 is 6.05. The molecule has 0 aromatic heterocycles. The Morgan fingerprint density at radius 1 is 1.16 bits per heavy atom. The number of nitrogens with two attached hydrogens (primary N) is 1. The van der Waals surface area contributed by atoms with E-state index in [1.807, 2.05) is 44.3 Å². The molecule has 4 N–H and O–H groups in total. The summed E-state index contributed by atoms with van der Waals surface area (Å²) in [6.45, 7) is 6.12. The molecule has 2 aromatic carbocycles. The van der Waals surface area contributed by atoms with Gasteiger partial charge in [0.05, 0.1) is 0 Å². The zero-order chi connectivity index (χ0) is 23.0. The van der Waals surface area contributed by atoms with E-state index in [0.717, 1.165) is 22.4 Å². The fraction of sp³-hybridized carbons (Fsp3) is 0.208. The molecule has 0 aliphatic heterocycles. The third-order valence-electron chi connectivity index (χ3n) is 4.49. The number of carbonyl (C=O) groups excluding carboxylic acids is 1. The second-order valence-electron chi connectivity index (χ2n) is 7.23. The van der Waals surface area contributed by atoms with Crippen LogP contribution in [0.5, 0.6) is 0 Å². The third kappa shape index (κ3) is 7.83. The highest BCUT2D eigenvalue weighted by Gasteiger charge is 2.05. The van der Waals surface area contributed by atoms with Crippen LogP contribution in [0.3, 0.4) is 0 Å². The highest BCUT2D eigenvalue weighted by molar-refractivity contribution is 6.31. The molecular weight excluding hydrogens is 415 g/mol. The van der Waals surface area contributed by atoms with Gasteiger partial charge in [0.25, 0.3) is 0 Å². The zero-order valence-corrected chi connectivity index (χ0v) is 18.9. The molecule has 164 valence electrons. The van der Waals surface area contributed by atoms with Crippen LogP contribution in [0.1, 0.15) is 30.5 Å². The normalized spacial score (nSPS) is 12.2. The molecule has 31 heavy (non-hydrogen) atoms. The van der Waals surface area contributed by atoms with Crippen molar-refractivity contribution in [2.45, 2.75) is 27.3 Å². The number of nitrogens with one attached hydrogen (secondary N) is 2. The molecule has 0 aliphatic carbocycles. The van der Waals surface area contributed by atoms with Crippen molar-refractivity contribution in [2.24, 2.45) is 0 Å². The van der Waals surface area contributed by atoms with Gasteiger partial charge in [-0.25, -0.2) is 4.39 Å². The van der Waals surface area contributed by atoms with Crippen molar-refractivity contribution in [3.63, 3.8) is 0 Å². The molecule has 0 fully saturated rings. The first-order chi connectivity index (χ1) is 14.7. The molecule has 0 heterocycles. The van der Waals surface area contributed by atoms with Crippen molar-refractivity contribution >= 4 is 29.3 Å². The molecule has 0 radical (unpaired) electrons. The minimum atomic E-state index is -0.281. The minimum absolute atomic E-state index is 0.278. The first kappa shape index (κ1) is 24.0. The van der Waals surface area contributed by atoms with E-state index in [2.05, 4.69) is 10.6 Å². The number of halogens is 2. The van der Waals surface area contributed by atoms with Gasteiger partial charge in [0.1, 0.15) is 5.82 Å². The molecule has 1 amide bonds. The summed E-state index contributed by atoms with van der Waals surface area (Å²) < 4.78 is 13.2. The van der Waals surface area contributed by atoms with E-state index in [1.54, 1.807) is 31.2 Å². The lowest BCUT2D eigenvalue weighted by molar-refractivity contribution is -0.115. The number of hydrogen-bond donors (Lipinski definition) is 3. The number of benzene rings is 2. The average molecular weight is 443 g/mol. The van der Waals surface area contributed by atoms with E-state index in [-0.39, 0.29) is 11.7 Å². The third-order valence-corrected chi connectivity index (χ3v) is 4.90. The molecule has 0 atom stereocenters. The van der Waals surface area contributed by atoms with Crippen LogP contribution in [-0.4, -0.2) is 17.9 Å². The fourth-order valence-corrected chi connectivity index (χ4v) is 2.96. The highest BCUT2D eigenvalue weighted by Crippen LogP contribution is 2.23. The summed E-state index contributed by atoms with van der Waals surface area (Å²) in [4.78, 5) is 14.3. The highest BCUT2D eigenvalue weighted by atomic mass is 35.5. The Labute approximate surface area is 188 Å². The number of carbonyl (C=O) groups is 1. The molecule has 0 saturated heterocycles. The van der Waals surface area contributed by atoms with Crippen molar-refractivity contribution in [1.29, 1.82) is 0 Å². The predicted molar refractivity (Wildman–Crippen MR) is 126 cm³/mol. The largest absolute Gasteiger partial charge is 0.398 e. The van der Waals surface area contributed by atoms with E-state index in [9.17, 15) is 9.18 Å². The smallest absolute Gasteiger partial charge is 0.248 e. The second kappa shape index (κ2) is 11.2. The molecule has 0 saturated carbocycles. The number of hydrogen-bond acceptors (Lipinski definition) is 4. The topological polar surface area (TPSA) is 70.4 Å². The lowest BCUT2D eigenvalue weighted by atomic mass is 10.1. The molecule has 5 nitrogen and oxygen atoms in total. The standard InChI is InChI=1S/C24H28ClFN4O/c1-16-11-20(23(27)12-22(16)25)7-10-24(31)29-18(3)14-30(13-17(2)28-4)15-19-5-8-21(26)9-6-19/h5-14,28H,15,27H2,1-4H3,(H,29,31)/b10-7+,17-13+,18-14+. The molecular formula is C24H28ClFN4O. The molecule has 0 spiro atoms. The maximum atomic E-state index is 13.2. The van der Waals surface area contributed by atoms with Crippen molar-refractivity contribution in [3.8, 4) is 0 Å². The monoisotopic (exact) mass is 442 g/mol. The number of aryl methyl sites for hydroxylation is 1. The van der Waals surface area contributed by atoms with Crippen molar-refractivity contribution in [2.75, 3.05) is 12.8 Å². The van der Waals surface area contributed by atoms with Gasteiger partial charge >= 0.3 is 0 Å². The summed E-state index contributed by atoms with van der Waals surface area (Å²) in [5.41, 5.74) is 10.6. The van der Waals surface area contributed by atoms with Gasteiger partial charge in [-0.05, 0) is 67.8 Å². The van der Waals surface area contributed by atoms with E-state index in [0.29, 0.717) is 23.0 Å². The van der Waals surface area contributed by atoms with E-state index in [1.165, 1.54) is 18.2 Å². The molecule has 7 heteroatoms. The Kier molecular flexibility index (Phi) is 8.70. The summed E-state index contributed by atoms with van der Waals surface area (Å²) in [5.74, 6) is -0.559. The van der Waals surface area contributed by atoms with E-state index < -0.39 is 0 Å². The summed E-state index contributed by atoms with van der Waals surface area (Å²) in [7, 11) is 1.83. The summed E-state index contributed by atoms with van der Waals surface area (Å²) in [6.07, 6.45) is 6.81. The van der Waals surface area contributed by atoms with Crippen LogP contribution in [0.15, 0.2) is 66.3 Å². The van der Waals surface area contributed by atoms with E-state index >= 15 is 0 Å². The number of nitrogen functional groups attached to an aromatic ring is 1. The van der Waals surface area contributed by atoms with Crippen LogP contribution in [0.4, 0.5) is 10.1 Å². The van der Waals surface area contributed by atoms with Crippen molar-refractivity contribution in [1.82, 2.24) is 15.5 Å². The second-order valence-corrected chi connectivity index (χ2v) is 7.63. The minimum Gasteiger partial charge on any atom is -0.398 e. The van der Waals surface area contributed by atoms with Crippen LogP contribution in [0.25, 0.3) is 6.08 Å². The first-order valence-corrected chi connectivity index (χ1v) is 10.1. The number of anilines is 1. The van der Waals surface area contributed by atoms with Crippen LogP contribution >= 0.6 is 11.6 Å². The number of rotatable bonds is 8.